The lowest BCUT2D eigenvalue weighted by atomic mass is 9.83. The third-order valence-electron chi connectivity index (χ3n) is 6.36. The van der Waals surface area contributed by atoms with Gasteiger partial charge in [0, 0.05) is 25.5 Å². The SMILES string of the molecule is Cc1nccc(-c2ccccc2)c1C(=O)N1CCC2(CC1)OCCc1cnc(N)nc12. The van der Waals surface area contributed by atoms with Crippen LogP contribution in [0.5, 0.6) is 0 Å². The van der Waals surface area contributed by atoms with Gasteiger partial charge in [0.1, 0.15) is 5.60 Å². The van der Waals surface area contributed by atoms with Crippen molar-refractivity contribution in [3.05, 3.63) is 71.3 Å². The number of nitrogens with zero attached hydrogens (tertiary/aromatic N) is 4. The molecule has 1 amide bonds. The van der Waals surface area contributed by atoms with Crippen molar-refractivity contribution in [1.82, 2.24) is 19.9 Å². The van der Waals surface area contributed by atoms with E-state index < -0.39 is 5.60 Å². The van der Waals surface area contributed by atoms with E-state index in [9.17, 15) is 4.79 Å². The Morgan fingerprint density at radius 3 is 2.68 bits per heavy atom. The predicted octanol–water partition coefficient (Wildman–Crippen LogP) is 3.13. The minimum absolute atomic E-state index is 0.0116. The maximum absolute atomic E-state index is 13.6. The number of nitrogens with two attached hydrogens (primary N) is 1. The molecule has 2 aliphatic heterocycles. The van der Waals surface area contributed by atoms with Gasteiger partial charge in [0.15, 0.2) is 0 Å². The second-order valence-electron chi connectivity index (χ2n) is 8.17. The van der Waals surface area contributed by atoms with Gasteiger partial charge < -0.3 is 15.4 Å². The summed E-state index contributed by atoms with van der Waals surface area (Å²) < 4.78 is 6.24. The van der Waals surface area contributed by atoms with Crippen molar-refractivity contribution in [1.29, 1.82) is 0 Å². The zero-order valence-electron chi connectivity index (χ0n) is 17.5. The molecule has 158 valence electrons. The summed E-state index contributed by atoms with van der Waals surface area (Å²) >= 11 is 0. The number of aromatic nitrogens is 3. The molecular weight excluding hydrogens is 390 g/mol. The fourth-order valence-corrected chi connectivity index (χ4v) is 4.73. The van der Waals surface area contributed by atoms with E-state index >= 15 is 0 Å². The zero-order chi connectivity index (χ0) is 21.4. The number of nitrogen functional groups attached to an aromatic ring is 1. The van der Waals surface area contributed by atoms with E-state index in [0.29, 0.717) is 38.1 Å². The number of amides is 1. The molecule has 3 aromatic rings. The lowest BCUT2D eigenvalue weighted by molar-refractivity contribution is -0.0966. The first-order valence-corrected chi connectivity index (χ1v) is 10.6. The van der Waals surface area contributed by atoms with Crippen molar-refractivity contribution in [2.45, 2.75) is 31.8 Å². The lowest BCUT2D eigenvalue weighted by Crippen LogP contribution is -2.49. The Balaban J connectivity index is 1.42. The Labute approximate surface area is 181 Å². The molecule has 0 unspecified atom stereocenters. The summed E-state index contributed by atoms with van der Waals surface area (Å²) in [5.74, 6) is 0.276. The first-order valence-electron chi connectivity index (χ1n) is 10.6. The highest BCUT2D eigenvalue weighted by atomic mass is 16.5. The van der Waals surface area contributed by atoms with Crippen molar-refractivity contribution < 1.29 is 9.53 Å². The number of piperidine rings is 1. The molecule has 0 bridgehead atoms. The van der Waals surface area contributed by atoms with Gasteiger partial charge in [-0.2, -0.15) is 0 Å². The number of hydrogen-bond acceptors (Lipinski definition) is 6. The summed E-state index contributed by atoms with van der Waals surface area (Å²) in [7, 11) is 0. The van der Waals surface area contributed by atoms with Gasteiger partial charge in [0.2, 0.25) is 5.95 Å². The van der Waals surface area contributed by atoms with Crippen molar-refractivity contribution in [2.75, 3.05) is 25.4 Å². The largest absolute Gasteiger partial charge is 0.368 e. The van der Waals surface area contributed by atoms with Crippen molar-refractivity contribution in [3.8, 4) is 11.1 Å². The van der Waals surface area contributed by atoms with Crippen LogP contribution in [-0.2, 0) is 16.8 Å². The molecule has 1 fully saturated rings. The number of likely N-dealkylation sites (tertiary alicyclic amines) is 1. The molecule has 0 aliphatic carbocycles. The number of rotatable bonds is 2. The van der Waals surface area contributed by atoms with Gasteiger partial charge in [0.05, 0.1) is 23.6 Å². The summed E-state index contributed by atoms with van der Waals surface area (Å²) in [5.41, 5.74) is 10.7. The van der Waals surface area contributed by atoms with Crippen LogP contribution in [0, 0.1) is 6.92 Å². The maximum Gasteiger partial charge on any atom is 0.256 e. The number of carbonyl (C=O) groups is 1. The van der Waals surface area contributed by atoms with Crippen molar-refractivity contribution in [2.24, 2.45) is 0 Å². The normalized spacial score (nSPS) is 17.4. The quantitative estimate of drug-likeness (QED) is 0.691. The topological polar surface area (TPSA) is 94.2 Å². The molecule has 7 nitrogen and oxygen atoms in total. The summed E-state index contributed by atoms with van der Waals surface area (Å²) in [4.78, 5) is 28.5. The van der Waals surface area contributed by atoms with Crippen LogP contribution in [0.1, 0.15) is 40.2 Å². The van der Waals surface area contributed by atoms with Crippen LogP contribution in [0.3, 0.4) is 0 Å². The third-order valence-corrected chi connectivity index (χ3v) is 6.36. The van der Waals surface area contributed by atoms with Gasteiger partial charge >= 0.3 is 0 Å². The van der Waals surface area contributed by atoms with Crippen LogP contribution in [0.4, 0.5) is 5.95 Å². The number of benzene rings is 1. The standard InChI is InChI=1S/C24H25N5O2/c1-16-20(19(7-11-26-16)17-5-3-2-4-6-17)22(30)29-12-9-24(10-13-29)21-18(8-14-31-24)15-27-23(25)28-21/h2-7,11,15H,8-10,12-14H2,1H3,(H2,25,27,28). The molecule has 1 saturated heterocycles. The highest BCUT2D eigenvalue weighted by Gasteiger charge is 2.43. The molecule has 1 aromatic carbocycles. The minimum atomic E-state index is -0.492. The Kier molecular flexibility index (Phi) is 4.90. The monoisotopic (exact) mass is 415 g/mol. The molecule has 0 saturated carbocycles. The molecule has 1 spiro atoms. The van der Waals surface area contributed by atoms with Crippen LogP contribution in [0.25, 0.3) is 11.1 Å². The molecule has 31 heavy (non-hydrogen) atoms. The van der Waals surface area contributed by atoms with Crippen LogP contribution < -0.4 is 5.73 Å². The summed E-state index contributed by atoms with van der Waals surface area (Å²) in [6.45, 7) is 3.70. The van der Waals surface area contributed by atoms with E-state index in [0.717, 1.165) is 34.5 Å². The smallest absolute Gasteiger partial charge is 0.256 e. The van der Waals surface area contributed by atoms with Gasteiger partial charge in [-0.15, -0.1) is 0 Å². The number of fused-ring (bicyclic) bond motifs is 2. The number of aryl methyl sites for hydroxylation is 1. The number of anilines is 1. The summed E-state index contributed by atoms with van der Waals surface area (Å²) in [6.07, 6.45) is 5.72. The Hall–Kier alpha value is -3.32. The predicted molar refractivity (Wildman–Crippen MR) is 117 cm³/mol. The number of hydrogen-bond donors (Lipinski definition) is 1. The van der Waals surface area contributed by atoms with Gasteiger partial charge in [-0.05, 0) is 48.9 Å². The second kappa shape index (κ2) is 7.74. The Morgan fingerprint density at radius 1 is 1.13 bits per heavy atom. The molecule has 5 rings (SSSR count). The molecular formula is C24H25N5O2. The second-order valence-corrected chi connectivity index (χ2v) is 8.17. The van der Waals surface area contributed by atoms with Crippen LogP contribution in [-0.4, -0.2) is 45.5 Å². The van der Waals surface area contributed by atoms with E-state index in [2.05, 4.69) is 15.0 Å². The zero-order valence-corrected chi connectivity index (χ0v) is 17.5. The van der Waals surface area contributed by atoms with Crippen molar-refractivity contribution in [3.63, 3.8) is 0 Å². The molecule has 4 heterocycles. The van der Waals surface area contributed by atoms with E-state index in [1.807, 2.05) is 54.4 Å². The third kappa shape index (κ3) is 3.45. The minimum Gasteiger partial charge on any atom is -0.368 e. The van der Waals surface area contributed by atoms with Gasteiger partial charge in [-0.25, -0.2) is 9.97 Å². The van der Waals surface area contributed by atoms with Gasteiger partial charge in [-0.1, -0.05) is 30.3 Å². The van der Waals surface area contributed by atoms with Crippen molar-refractivity contribution >= 4 is 11.9 Å². The van der Waals surface area contributed by atoms with Gasteiger partial charge in [-0.3, -0.25) is 9.78 Å². The average molecular weight is 415 g/mol. The highest BCUT2D eigenvalue weighted by molar-refractivity contribution is 6.01. The van der Waals surface area contributed by atoms with Gasteiger partial charge in [0.25, 0.3) is 5.91 Å². The van der Waals surface area contributed by atoms with Crippen LogP contribution in [0.2, 0.25) is 0 Å². The fraction of sp³-hybridized carbons (Fsp3) is 0.333. The first kappa shape index (κ1) is 19.6. The Morgan fingerprint density at radius 2 is 1.90 bits per heavy atom. The van der Waals surface area contributed by atoms with E-state index in [1.54, 1.807) is 6.20 Å². The highest BCUT2D eigenvalue weighted by Crippen LogP contribution is 2.41. The summed E-state index contributed by atoms with van der Waals surface area (Å²) in [6, 6.07) is 11.9. The lowest BCUT2D eigenvalue weighted by Gasteiger charge is -2.44. The van der Waals surface area contributed by atoms with E-state index in [-0.39, 0.29) is 11.9 Å². The maximum atomic E-state index is 13.6. The molecule has 7 heteroatoms. The van der Waals surface area contributed by atoms with E-state index in [1.165, 1.54) is 0 Å². The van der Waals surface area contributed by atoms with Crippen LogP contribution in [0.15, 0.2) is 48.8 Å². The number of pyridine rings is 1. The first-order chi connectivity index (χ1) is 15.1. The number of ether oxygens (including phenoxy) is 1. The molecule has 2 aromatic heterocycles. The fourth-order valence-electron chi connectivity index (χ4n) is 4.73. The summed E-state index contributed by atoms with van der Waals surface area (Å²) in [5, 5.41) is 0. The molecule has 2 aliphatic rings. The molecule has 2 N–H and O–H groups in total. The average Bonchev–Trinajstić information content (AvgIpc) is 2.80. The van der Waals surface area contributed by atoms with E-state index in [4.69, 9.17) is 10.5 Å². The molecule has 0 radical (unpaired) electrons. The molecule has 0 atom stereocenters. The Bertz CT molecular complexity index is 1120. The van der Waals surface area contributed by atoms with Crippen LogP contribution >= 0.6 is 0 Å². The number of carbonyl (C=O) groups excluding carboxylic acids is 1.